The van der Waals surface area contributed by atoms with Crippen molar-refractivity contribution in [2.45, 2.75) is 56.3 Å². The summed E-state index contributed by atoms with van der Waals surface area (Å²) < 4.78 is 0. The largest absolute Gasteiger partial charge is 0.481 e. The van der Waals surface area contributed by atoms with Crippen molar-refractivity contribution in [1.29, 1.82) is 0 Å². The van der Waals surface area contributed by atoms with Gasteiger partial charge in [0.1, 0.15) is 18.1 Å². The molecule has 0 radical (unpaired) electrons. The molecule has 0 fully saturated rings. The molecule has 0 aliphatic carbocycles. The van der Waals surface area contributed by atoms with E-state index >= 15 is 0 Å². The van der Waals surface area contributed by atoms with Gasteiger partial charge in [-0.3, -0.25) is 28.8 Å². The molecule has 192 valence electrons. The molecule has 0 heterocycles. The molecule has 0 aliphatic heterocycles. The van der Waals surface area contributed by atoms with Crippen LogP contribution in [0.2, 0.25) is 0 Å². The van der Waals surface area contributed by atoms with E-state index in [1.165, 1.54) is 11.8 Å². The second kappa shape index (κ2) is 15.4. The number of aliphatic carboxylic acids is 3. The van der Waals surface area contributed by atoms with Crippen LogP contribution < -0.4 is 27.4 Å². The molecule has 0 spiro atoms. The van der Waals surface area contributed by atoms with Crippen molar-refractivity contribution in [1.82, 2.24) is 16.0 Å². The molecular formula is C18H29N5O10S. The van der Waals surface area contributed by atoms with E-state index in [-0.39, 0.29) is 6.42 Å². The van der Waals surface area contributed by atoms with E-state index in [0.717, 1.165) is 0 Å². The summed E-state index contributed by atoms with van der Waals surface area (Å²) in [7, 11) is 0. The van der Waals surface area contributed by atoms with Gasteiger partial charge in [0.05, 0.1) is 18.9 Å². The van der Waals surface area contributed by atoms with E-state index in [0.29, 0.717) is 5.75 Å². The molecule has 0 aromatic rings. The number of rotatable bonds is 17. The summed E-state index contributed by atoms with van der Waals surface area (Å²) in [6.07, 6.45) is -0.625. The number of primary amides is 1. The first-order valence-corrected chi connectivity index (χ1v) is 11.3. The van der Waals surface area contributed by atoms with E-state index in [1.807, 2.05) is 0 Å². The molecule has 0 saturated carbocycles. The van der Waals surface area contributed by atoms with Crippen LogP contribution in [-0.2, 0) is 33.6 Å². The fourth-order valence-electron chi connectivity index (χ4n) is 2.54. The van der Waals surface area contributed by atoms with Crippen LogP contribution in [0.15, 0.2) is 0 Å². The lowest BCUT2D eigenvalue weighted by molar-refractivity contribution is -0.143. The molecule has 4 unspecified atom stereocenters. The number of thioether (sulfide) groups is 1. The van der Waals surface area contributed by atoms with E-state index < -0.39 is 91.4 Å². The van der Waals surface area contributed by atoms with E-state index in [2.05, 4.69) is 16.0 Å². The molecule has 10 N–H and O–H groups in total. The second-order valence-corrected chi connectivity index (χ2v) is 8.10. The first kappa shape index (κ1) is 30.6. The number of carbonyl (C=O) groups is 7. The Morgan fingerprint density at radius 2 is 1.29 bits per heavy atom. The normalized spacial score (nSPS) is 14.1. The lowest BCUT2D eigenvalue weighted by Crippen LogP contribution is -2.58. The number of nitrogens with one attached hydrogen (secondary N) is 3. The van der Waals surface area contributed by atoms with Crippen LogP contribution in [0, 0.1) is 0 Å². The Bertz CT molecular complexity index is 793. The molecule has 4 atom stereocenters. The average molecular weight is 508 g/mol. The summed E-state index contributed by atoms with van der Waals surface area (Å²) in [5.41, 5.74) is 10.5. The summed E-state index contributed by atoms with van der Waals surface area (Å²) in [5, 5.41) is 33.3. The number of hydrogen-bond donors (Lipinski definition) is 8. The molecule has 0 rings (SSSR count). The minimum atomic E-state index is -1.59. The molecular weight excluding hydrogens is 478 g/mol. The minimum absolute atomic E-state index is 0.0276. The standard InChI is InChI=1S/C18H29N5O10S/c1-34-5-4-9(16(30)22-10(18(32)33)2-3-13(25)26)21-17(31)11(7-12(20)24)23-15(29)8(19)6-14(27)28/h8-11H,2-7,19H2,1H3,(H2,20,24)(H,21,31)(H,22,30)(H,23,29)(H,25,26)(H,27,28)(H,32,33). The van der Waals surface area contributed by atoms with Crippen LogP contribution in [0.3, 0.4) is 0 Å². The minimum Gasteiger partial charge on any atom is -0.481 e. The Balaban J connectivity index is 5.49. The van der Waals surface area contributed by atoms with Gasteiger partial charge in [0.25, 0.3) is 0 Å². The first-order chi connectivity index (χ1) is 15.8. The highest BCUT2D eigenvalue weighted by atomic mass is 32.2. The van der Waals surface area contributed by atoms with E-state index in [4.69, 9.17) is 21.7 Å². The summed E-state index contributed by atoms with van der Waals surface area (Å²) in [4.78, 5) is 81.5. The Labute approximate surface area is 198 Å². The van der Waals surface area contributed by atoms with Gasteiger partial charge < -0.3 is 42.7 Å². The Hall–Kier alpha value is -3.40. The molecule has 0 bridgehead atoms. The van der Waals surface area contributed by atoms with Crippen LogP contribution in [0.1, 0.15) is 32.1 Å². The predicted molar refractivity (Wildman–Crippen MR) is 117 cm³/mol. The predicted octanol–water partition coefficient (Wildman–Crippen LogP) is -3.18. The van der Waals surface area contributed by atoms with Gasteiger partial charge in [0.2, 0.25) is 23.6 Å². The van der Waals surface area contributed by atoms with Crippen LogP contribution in [0.5, 0.6) is 0 Å². The lowest BCUT2D eigenvalue weighted by Gasteiger charge is -2.24. The van der Waals surface area contributed by atoms with Crippen molar-refractivity contribution >= 4 is 53.3 Å². The molecule has 15 nitrogen and oxygen atoms in total. The third kappa shape index (κ3) is 12.6. The SMILES string of the molecule is CSCCC(NC(=O)C(CC(N)=O)NC(=O)C(N)CC(=O)O)C(=O)NC(CCC(=O)O)C(=O)O. The van der Waals surface area contributed by atoms with Crippen molar-refractivity contribution in [3.8, 4) is 0 Å². The van der Waals surface area contributed by atoms with Crippen molar-refractivity contribution in [2.75, 3.05) is 12.0 Å². The Kier molecular flexibility index (Phi) is 13.9. The molecule has 4 amide bonds. The third-order valence-electron chi connectivity index (χ3n) is 4.27. The maximum absolute atomic E-state index is 12.7. The molecule has 34 heavy (non-hydrogen) atoms. The highest BCUT2D eigenvalue weighted by molar-refractivity contribution is 7.98. The molecule has 0 aromatic heterocycles. The van der Waals surface area contributed by atoms with Gasteiger partial charge in [-0.1, -0.05) is 0 Å². The van der Waals surface area contributed by atoms with Gasteiger partial charge in [-0.05, 0) is 24.9 Å². The third-order valence-corrected chi connectivity index (χ3v) is 4.92. The van der Waals surface area contributed by atoms with Gasteiger partial charge in [0.15, 0.2) is 0 Å². The van der Waals surface area contributed by atoms with Crippen molar-refractivity contribution in [3.05, 3.63) is 0 Å². The van der Waals surface area contributed by atoms with E-state index in [9.17, 15) is 38.7 Å². The first-order valence-electron chi connectivity index (χ1n) is 9.88. The zero-order valence-electron chi connectivity index (χ0n) is 18.3. The zero-order valence-corrected chi connectivity index (χ0v) is 19.1. The van der Waals surface area contributed by atoms with Crippen molar-refractivity contribution < 1.29 is 48.9 Å². The molecule has 16 heteroatoms. The highest BCUT2D eigenvalue weighted by Crippen LogP contribution is 2.06. The zero-order chi connectivity index (χ0) is 26.4. The fourth-order valence-corrected chi connectivity index (χ4v) is 3.02. The van der Waals surface area contributed by atoms with Crippen LogP contribution in [0.4, 0.5) is 0 Å². The van der Waals surface area contributed by atoms with Crippen molar-refractivity contribution in [3.63, 3.8) is 0 Å². The van der Waals surface area contributed by atoms with Gasteiger partial charge in [-0.2, -0.15) is 11.8 Å². The summed E-state index contributed by atoms with van der Waals surface area (Å²) in [6, 6.07) is -5.95. The van der Waals surface area contributed by atoms with Gasteiger partial charge >= 0.3 is 17.9 Å². The number of hydrogen-bond acceptors (Lipinski definition) is 9. The monoisotopic (exact) mass is 507 g/mol. The second-order valence-electron chi connectivity index (χ2n) is 7.11. The number of amides is 4. The molecule has 0 saturated heterocycles. The summed E-state index contributed by atoms with van der Waals surface area (Å²) >= 11 is 1.31. The fraction of sp³-hybridized carbons (Fsp3) is 0.611. The maximum Gasteiger partial charge on any atom is 0.326 e. The van der Waals surface area contributed by atoms with E-state index in [1.54, 1.807) is 6.26 Å². The maximum atomic E-state index is 12.7. The lowest BCUT2D eigenvalue weighted by atomic mass is 10.1. The number of carbonyl (C=O) groups excluding carboxylic acids is 4. The smallest absolute Gasteiger partial charge is 0.326 e. The van der Waals surface area contributed by atoms with Crippen LogP contribution >= 0.6 is 11.8 Å². The van der Waals surface area contributed by atoms with Gasteiger partial charge in [-0.25, -0.2) is 4.79 Å². The topological polar surface area (TPSA) is 268 Å². The Morgan fingerprint density at radius 3 is 1.76 bits per heavy atom. The number of carboxylic acid groups (broad SMARTS) is 3. The number of nitrogens with two attached hydrogens (primary N) is 2. The highest BCUT2D eigenvalue weighted by Gasteiger charge is 2.31. The Morgan fingerprint density at radius 1 is 0.765 bits per heavy atom. The van der Waals surface area contributed by atoms with Crippen LogP contribution in [0.25, 0.3) is 0 Å². The van der Waals surface area contributed by atoms with Gasteiger partial charge in [0, 0.05) is 6.42 Å². The average Bonchev–Trinajstić information content (AvgIpc) is 2.71. The summed E-state index contributed by atoms with van der Waals surface area (Å²) in [5.74, 6) is -7.75. The number of carboxylic acids is 3. The summed E-state index contributed by atoms with van der Waals surface area (Å²) in [6.45, 7) is 0. The quantitative estimate of drug-likeness (QED) is 0.0968. The van der Waals surface area contributed by atoms with Crippen molar-refractivity contribution in [2.24, 2.45) is 11.5 Å². The van der Waals surface area contributed by atoms with Gasteiger partial charge in [-0.15, -0.1) is 0 Å². The van der Waals surface area contributed by atoms with Crippen LogP contribution in [-0.4, -0.2) is 93.0 Å². The molecule has 0 aromatic carbocycles. The molecule has 0 aliphatic rings.